The van der Waals surface area contributed by atoms with E-state index >= 15 is 0 Å². The molecule has 0 bridgehead atoms. The summed E-state index contributed by atoms with van der Waals surface area (Å²) in [6.07, 6.45) is 2.54. The Kier molecular flexibility index (Phi) is 11.8. The smallest absolute Gasteiger partial charge is 0.227 e. The molecule has 0 unspecified atom stereocenters. The first-order valence-electron chi connectivity index (χ1n) is 13.2. The normalized spacial score (nSPS) is 18.5. The SMILES string of the molecule is CCCCNC(=O)[C@H](C)C[C@H](O)[C@@H](N)CC(C)(C)CC(=O)N1C[C@H](C(OC)OC)Cc2ccccc21. The van der Waals surface area contributed by atoms with Gasteiger partial charge >= 0.3 is 0 Å². The molecule has 0 fully saturated rings. The van der Waals surface area contributed by atoms with Crippen LogP contribution in [0.4, 0.5) is 5.69 Å². The zero-order valence-corrected chi connectivity index (χ0v) is 23.0. The van der Waals surface area contributed by atoms with Gasteiger partial charge in [0.1, 0.15) is 0 Å². The fourth-order valence-corrected chi connectivity index (χ4v) is 5.08. The van der Waals surface area contributed by atoms with E-state index < -0.39 is 23.9 Å². The summed E-state index contributed by atoms with van der Waals surface area (Å²) in [5.74, 6) is -0.360. The van der Waals surface area contributed by atoms with Gasteiger partial charge in [0.2, 0.25) is 11.8 Å². The average Bonchev–Trinajstić information content (AvgIpc) is 2.83. The van der Waals surface area contributed by atoms with E-state index in [-0.39, 0.29) is 30.1 Å². The number of fused-ring (bicyclic) bond motifs is 1. The number of unbranched alkanes of at least 4 members (excludes halogenated alkanes) is 1. The largest absolute Gasteiger partial charge is 0.391 e. The molecule has 1 aliphatic rings. The van der Waals surface area contributed by atoms with Gasteiger partial charge < -0.3 is 30.5 Å². The molecular weight excluding hydrogens is 458 g/mol. The third-order valence-corrected chi connectivity index (χ3v) is 7.12. The molecule has 4 atom stereocenters. The van der Waals surface area contributed by atoms with E-state index in [1.807, 2.05) is 49.9 Å². The highest BCUT2D eigenvalue weighted by Gasteiger charge is 2.36. The number of aliphatic hydroxyl groups is 1. The molecule has 2 amide bonds. The van der Waals surface area contributed by atoms with Gasteiger partial charge in [-0.2, -0.15) is 0 Å². The van der Waals surface area contributed by atoms with Crippen molar-refractivity contribution in [2.75, 3.05) is 32.2 Å². The summed E-state index contributed by atoms with van der Waals surface area (Å²) in [5.41, 5.74) is 7.94. The van der Waals surface area contributed by atoms with Gasteiger partial charge in [-0.05, 0) is 42.7 Å². The number of benzene rings is 1. The number of anilines is 1. The van der Waals surface area contributed by atoms with Gasteiger partial charge in [-0.25, -0.2) is 0 Å². The van der Waals surface area contributed by atoms with E-state index in [2.05, 4.69) is 12.2 Å². The number of aliphatic hydroxyl groups excluding tert-OH is 1. The maximum atomic E-state index is 13.6. The first-order valence-corrected chi connectivity index (χ1v) is 13.2. The summed E-state index contributed by atoms with van der Waals surface area (Å²) in [7, 11) is 3.23. The second kappa shape index (κ2) is 14.1. The molecule has 1 aliphatic heterocycles. The Bertz CT molecular complexity index is 842. The summed E-state index contributed by atoms with van der Waals surface area (Å²) in [6, 6.07) is 7.41. The lowest BCUT2D eigenvalue weighted by Gasteiger charge is -2.39. The molecule has 1 aromatic carbocycles. The maximum absolute atomic E-state index is 13.6. The van der Waals surface area contributed by atoms with Crippen LogP contribution in [-0.2, 0) is 25.5 Å². The molecular formula is C28H47N3O5. The van der Waals surface area contributed by atoms with Gasteiger partial charge in [0.05, 0.1) is 6.10 Å². The standard InChI is InChI=1S/C28H47N3O5/c1-7-8-13-30-26(34)19(2)14-24(32)22(29)16-28(3,4)17-25(33)31-18-21(27(35-5)36-6)15-20-11-9-10-12-23(20)31/h9-12,19,21-22,24,27,32H,7-8,13-18,29H2,1-6H3,(H,30,34)/t19-,21-,22+,24+/m1/s1. The van der Waals surface area contributed by atoms with Gasteiger partial charge in [-0.15, -0.1) is 0 Å². The topological polar surface area (TPSA) is 114 Å². The highest BCUT2D eigenvalue weighted by atomic mass is 16.7. The number of hydrogen-bond donors (Lipinski definition) is 3. The predicted octanol–water partition coefficient (Wildman–Crippen LogP) is 3.25. The Morgan fingerprint density at radius 2 is 1.92 bits per heavy atom. The van der Waals surface area contributed by atoms with Crippen LogP contribution in [0.5, 0.6) is 0 Å². The number of ether oxygens (including phenoxy) is 2. The van der Waals surface area contributed by atoms with Crippen molar-refractivity contribution >= 4 is 17.5 Å². The Hall–Kier alpha value is -2.00. The van der Waals surface area contributed by atoms with Crippen LogP contribution >= 0.6 is 0 Å². The summed E-state index contributed by atoms with van der Waals surface area (Å²) in [6.45, 7) is 9.04. The highest BCUT2D eigenvalue weighted by molar-refractivity contribution is 5.95. The molecule has 8 heteroatoms. The van der Waals surface area contributed by atoms with Gasteiger partial charge in [0.15, 0.2) is 6.29 Å². The molecule has 0 aliphatic carbocycles. The predicted molar refractivity (Wildman–Crippen MR) is 142 cm³/mol. The zero-order valence-electron chi connectivity index (χ0n) is 23.0. The number of nitrogens with one attached hydrogen (secondary N) is 1. The highest BCUT2D eigenvalue weighted by Crippen LogP contribution is 2.35. The monoisotopic (exact) mass is 505 g/mol. The molecule has 0 spiro atoms. The van der Waals surface area contributed by atoms with Crippen LogP contribution in [0.15, 0.2) is 24.3 Å². The summed E-state index contributed by atoms with van der Waals surface area (Å²) in [5, 5.41) is 13.6. The van der Waals surface area contributed by atoms with Crippen LogP contribution in [0, 0.1) is 17.3 Å². The van der Waals surface area contributed by atoms with Crippen LogP contribution in [0.1, 0.15) is 65.4 Å². The van der Waals surface area contributed by atoms with Gasteiger partial charge in [-0.1, -0.05) is 52.3 Å². The number of methoxy groups -OCH3 is 2. The number of nitrogens with zero attached hydrogens (tertiary/aromatic N) is 1. The Labute approximate surface area is 216 Å². The van der Waals surface area contributed by atoms with Crippen LogP contribution < -0.4 is 16.0 Å². The second-order valence-electron chi connectivity index (χ2n) is 11.0. The number of carbonyl (C=O) groups excluding carboxylic acids is 2. The molecule has 1 heterocycles. The molecule has 204 valence electrons. The molecule has 4 N–H and O–H groups in total. The number of amides is 2. The Balaban J connectivity index is 2.01. The third kappa shape index (κ3) is 8.54. The van der Waals surface area contributed by atoms with E-state index in [0.29, 0.717) is 25.9 Å². The number of nitrogens with two attached hydrogens (primary N) is 1. The molecule has 36 heavy (non-hydrogen) atoms. The van der Waals surface area contributed by atoms with Crippen molar-refractivity contribution in [3.05, 3.63) is 29.8 Å². The van der Waals surface area contributed by atoms with Crippen molar-refractivity contribution in [3.63, 3.8) is 0 Å². The lowest BCUT2D eigenvalue weighted by molar-refractivity contribution is -0.137. The van der Waals surface area contributed by atoms with Crippen molar-refractivity contribution < 1.29 is 24.2 Å². The van der Waals surface area contributed by atoms with Crippen molar-refractivity contribution in [1.82, 2.24) is 5.32 Å². The van der Waals surface area contributed by atoms with Gasteiger partial charge in [0, 0.05) is 57.3 Å². The van der Waals surface area contributed by atoms with Crippen molar-refractivity contribution in [1.29, 1.82) is 0 Å². The first kappa shape index (κ1) is 30.2. The Morgan fingerprint density at radius 3 is 2.56 bits per heavy atom. The van der Waals surface area contributed by atoms with E-state index in [1.165, 1.54) is 0 Å². The average molecular weight is 506 g/mol. The minimum atomic E-state index is -0.824. The minimum absolute atomic E-state index is 0.00784. The zero-order chi connectivity index (χ0) is 26.9. The summed E-state index contributed by atoms with van der Waals surface area (Å²) >= 11 is 0. The van der Waals surface area contributed by atoms with Crippen LogP contribution in [0.3, 0.4) is 0 Å². The minimum Gasteiger partial charge on any atom is -0.391 e. The number of rotatable bonds is 14. The lowest BCUT2D eigenvalue weighted by atomic mass is 9.79. The quantitative estimate of drug-likeness (QED) is 0.264. The van der Waals surface area contributed by atoms with Gasteiger partial charge in [-0.3, -0.25) is 9.59 Å². The van der Waals surface area contributed by atoms with E-state index in [0.717, 1.165) is 30.5 Å². The van der Waals surface area contributed by atoms with E-state index in [4.69, 9.17) is 15.2 Å². The number of hydrogen-bond acceptors (Lipinski definition) is 6. The number of para-hydroxylation sites is 1. The second-order valence-corrected chi connectivity index (χ2v) is 11.0. The van der Waals surface area contributed by atoms with Crippen LogP contribution in [0.2, 0.25) is 0 Å². The first-order chi connectivity index (χ1) is 17.0. The lowest BCUT2D eigenvalue weighted by Crippen LogP contribution is -2.47. The summed E-state index contributed by atoms with van der Waals surface area (Å²) < 4.78 is 11.0. The fraction of sp³-hybridized carbons (Fsp3) is 0.714. The van der Waals surface area contributed by atoms with Crippen molar-refractivity contribution in [3.8, 4) is 0 Å². The van der Waals surface area contributed by atoms with Gasteiger partial charge in [0.25, 0.3) is 0 Å². The van der Waals surface area contributed by atoms with E-state index in [9.17, 15) is 14.7 Å². The number of carbonyl (C=O) groups is 2. The molecule has 8 nitrogen and oxygen atoms in total. The fourth-order valence-electron chi connectivity index (χ4n) is 5.08. The summed E-state index contributed by atoms with van der Waals surface area (Å²) in [4.78, 5) is 27.7. The molecule has 0 saturated carbocycles. The molecule has 1 aromatic rings. The van der Waals surface area contributed by atoms with Crippen molar-refractivity contribution in [2.45, 2.75) is 84.7 Å². The maximum Gasteiger partial charge on any atom is 0.227 e. The third-order valence-electron chi connectivity index (χ3n) is 7.12. The van der Waals surface area contributed by atoms with E-state index in [1.54, 1.807) is 14.2 Å². The Morgan fingerprint density at radius 1 is 1.25 bits per heavy atom. The molecule has 0 radical (unpaired) electrons. The van der Waals surface area contributed by atoms with Crippen LogP contribution in [0.25, 0.3) is 0 Å². The van der Waals surface area contributed by atoms with Crippen molar-refractivity contribution in [2.24, 2.45) is 23.0 Å². The molecule has 0 saturated heterocycles. The molecule has 2 rings (SSSR count). The van der Waals surface area contributed by atoms with Crippen LogP contribution in [-0.4, -0.2) is 62.7 Å². The molecule has 0 aromatic heterocycles.